The molecule has 0 fully saturated rings. The van der Waals surface area contributed by atoms with E-state index in [1.54, 1.807) is 30.3 Å². The van der Waals surface area contributed by atoms with Gasteiger partial charge >= 0.3 is 5.97 Å². The van der Waals surface area contributed by atoms with Gasteiger partial charge in [0.05, 0.1) is 16.3 Å². The molecule has 5 nitrogen and oxygen atoms in total. The summed E-state index contributed by atoms with van der Waals surface area (Å²) in [7, 11) is 0. The van der Waals surface area contributed by atoms with Crippen LogP contribution in [0, 0.1) is 0 Å². The molecule has 0 saturated heterocycles. The molecule has 100 valence electrons. The summed E-state index contributed by atoms with van der Waals surface area (Å²) in [6.45, 7) is 0. The van der Waals surface area contributed by atoms with Gasteiger partial charge in [-0.05, 0) is 46.3 Å². The normalized spacial score (nSPS) is 10.9. The number of carboxylic acid groups (broad SMARTS) is 1. The van der Waals surface area contributed by atoms with Crippen LogP contribution in [0.15, 0.2) is 40.9 Å². The van der Waals surface area contributed by atoms with Gasteiger partial charge in [-0.1, -0.05) is 22.9 Å². The van der Waals surface area contributed by atoms with Crippen molar-refractivity contribution in [3.8, 4) is 5.69 Å². The van der Waals surface area contributed by atoms with Crippen LogP contribution in [-0.2, 0) is 0 Å². The summed E-state index contributed by atoms with van der Waals surface area (Å²) in [5.41, 5.74) is 1.81. The highest BCUT2D eigenvalue weighted by Crippen LogP contribution is 2.27. The Bertz CT molecular complexity index is 832. The Balaban J connectivity index is 2.31. The van der Waals surface area contributed by atoms with E-state index < -0.39 is 5.97 Å². The molecule has 0 aliphatic heterocycles. The Morgan fingerprint density at radius 3 is 2.80 bits per heavy atom. The lowest BCUT2D eigenvalue weighted by Crippen LogP contribution is -2.03. The first-order chi connectivity index (χ1) is 9.58. The number of aromatic carboxylic acids is 1. The van der Waals surface area contributed by atoms with Crippen LogP contribution in [0.25, 0.3) is 16.7 Å². The van der Waals surface area contributed by atoms with Crippen molar-refractivity contribution in [2.45, 2.75) is 0 Å². The Kier molecular flexibility index (Phi) is 3.19. The number of carbonyl (C=O) groups is 1. The standard InChI is InChI=1S/C13H7BrClN3O2/c14-9-6-7(4-5-10(9)15)18-12-8(13(19)20)2-1-3-11(12)16-17-18/h1-6H,(H,19,20). The number of aromatic nitrogens is 3. The summed E-state index contributed by atoms with van der Waals surface area (Å²) in [5, 5.41) is 17.8. The summed E-state index contributed by atoms with van der Waals surface area (Å²) in [6, 6.07) is 10.1. The molecule has 1 heterocycles. The maximum Gasteiger partial charge on any atom is 0.337 e. The first-order valence-electron chi connectivity index (χ1n) is 5.61. The molecule has 2 aromatic carbocycles. The van der Waals surface area contributed by atoms with Crippen LogP contribution in [0.2, 0.25) is 5.02 Å². The summed E-state index contributed by atoms with van der Waals surface area (Å²) < 4.78 is 2.19. The number of rotatable bonds is 2. The van der Waals surface area contributed by atoms with Gasteiger partial charge in [-0.3, -0.25) is 0 Å². The molecule has 0 spiro atoms. The van der Waals surface area contributed by atoms with Crippen molar-refractivity contribution in [2.24, 2.45) is 0 Å². The SMILES string of the molecule is O=C(O)c1cccc2nnn(-c3ccc(Cl)c(Br)c3)c12. The molecule has 0 atom stereocenters. The number of carboxylic acids is 1. The van der Waals surface area contributed by atoms with Crippen molar-refractivity contribution >= 4 is 44.5 Å². The van der Waals surface area contributed by atoms with Crippen molar-refractivity contribution in [3.63, 3.8) is 0 Å². The van der Waals surface area contributed by atoms with Gasteiger partial charge in [-0.25, -0.2) is 9.48 Å². The van der Waals surface area contributed by atoms with Crippen molar-refractivity contribution in [2.75, 3.05) is 0 Å². The van der Waals surface area contributed by atoms with Crippen LogP contribution in [0.4, 0.5) is 0 Å². The van der Waals surface area contributed by atoms with E-state index >= 15 is 0 Å². The third kappa shape index (κ3) is 2.07. The molecule has 0 unspecified atom stereocenters. The number of benzene rings is 2. The molecular formula is C13H7BrClN3O2. The second-order valence-corrected chi connectivity index (χ2v) is 5.34. The largest absolute Gasteiger partial charge is 0.478 e. The molecule has 20 heavy (non-hydrogen) atoms. The maximum atomic E-state index is 11.3. The zero-order chi connectivity index (χ0) is 14.3. The lowest BCUT2D eigenvalue weighted by Gasteiger charge is -2.05. The van der Waals surface area contributed by atoms with Crippen LogP contribution in [0.5, 0.6) is 0 Å². The first kappa shape index (κ1) is 13.1. The molecule has 3 rings (SSSR count). The lowest BCUT2D eigenvalue weighted by atomic mass is 10.2. The fraction of sp³-hybridized carbons (Fsp3) is 0. The van der Waals surface area contributed by atoms with Crippen molar-refractivity contribution in [1.82, 2.24) is 15.0 Å². The first-order valence-corrected chi connectivity index (χ1v) is 6.78. The van der Waals surface area contributed by atoms with E-state index in [-0.39, 0.29) is 5.56 Å². The van der Waals surface area contributed by atoms with Crippen LogP contribution < -0.4 is 0 Å². The highest BCUT2D eigenvalue weighted by Gasteiger charge is 2.16. The zero-order valence-electron chi connectivity index (χ0n) is 9.92. The van der Waals surface area contributed by atoms with Crippen molar-refractivity contribution in [3.05, 3.63) is 51.5 Å². The van der Waals surface area contributed by atoms with E-state index in [0.717, 1.165) is 0 Å². The van der Waals surface area contributed by atoms with Gasteiger partial charge in [0.2, 0.25) is 0 Å². The Morgan fingerprint density at radius 2 is 2.10 bits per heavy atom. The summed E-state index contributed by atoms with van der Waals surface area (Å²) >= 11 is 9.29. The number of nitrogens with zero attached hydrogens (tertiary/aromatic N) is 3. The Morgan fingerprint density at radius 1 is 1.30 bits per heavy atom. The minimum Gasteiger partial charge on any atom is -0.478 e. The predicted molar refractivity (Wildman–Crippen MR) is 78.5 cm³/mol. The molecule has 3 aromatic rings. The minimum absolute atomic E-state index is 0.151. The quantitative estimate of drug-likeness (QED) is 0.766. The fourth-order valence-electron chi connectivity index (χ4n) is 1.94. The minimum atomic E-state index is -1.02. The molecular weight excluding hydrogens is 346 g/mol. The molecule has 0 amide bonds. The molecule has 0 aliphatic carbocycles. The fourth-order valence-corrected chi connectivity index (χ4v) is 2.43. The summed E-state index contributed by atoms with van der Waals surface area (Å²) in [6.07, 6.45) is 0. The second-order valence-electron chi connectivity index (χ2n) is 4.08. The molecule has 0 radical (unpaired) electrons. The van der Waals surface area contributed by atoms with Crippen LogP contribution in [0.3, 0.4) is 0 Å². The van der Waals surface area contributed by atoms with E-state index in [1.165, 1.54) is 10.7 Å². The van der Waals surface area contributed by atoms with E-state index in [2.05, 4.69) is 26.2 Å². The average Bonchev–Trinajstić information content (AvgIpc) is 2.85. The highest BCUT2D eigenvalue weighted by molar-refractivity contribution is 9.10. The van der Waals surface area contributed by atoms with Gasteiger partial charge in [-0.2, -0.15) is 0 Å². The van der Waals surface area contributed by atoms with Gasteiger partial charge in [-0.15, -0.1) is 5.10 Å². The van der Waals surface area contributed by atoms with Gasteiger partial charge in [0, 0.05) is 4.47 Å². The highest BCUT2D eigenvalue weighted by atomic mass is 79.9. The number of fused-ring (bicyclic) bond motifs is 1. The van der Waals surface area contributed by atoms with E-state index in [1.807, 2.05) is 0 Å². The monoisotopic (exact) mass is 351 g/mol. The van der Waals surface area contributed by atoms with Crippen molar-refractivity contribution in [1.29, 1.82) is 0 Å². The predicted octanol–water partition coefficient (Wildman–Crippen LogP) is 3.53. The maximum absolute atomic E-state index is 11.3. The van der Waals surface area contributed by atoms with E-state index in [4.69, 9.17) is 11.6 Å². The number of halogens is 2. The zero-order valence-corrected chi connectivity index (χ0v) is 12.3. The van der Waals surface area contributed by atoms with E-state index in [0.29, 0.717) is 26.2 Å². The number of hydrogen-bond acceptors (Lipinski definition) is 3. The van der Waals surface area contributed by atoms with E-state index in [9.17, 15) is 9.90 Å². The van der Waals surface area contributed by atoms with Gasteiger partial charge in [0.15, 0.2) is 0 Å². The second kappa shape index (κ2) is 4.88. The topological polar surface area (TPSA) is 68.0 Å². The van der Waals surface area contributed by atoms with Crippen LogP contribution in [-0.4, -0.2) is 26.1 Å². The van der Waals surface area contributed by atoms with Gasteiger partial charge in [0.25, 0.3) is 0 Å². The molecule has 7 heteroatoms. The smallest absolute Gasteiger partial charge is 0.337 e. The van der Waals surface area contributed by atoms with Gasteiger partial charge < -0.3 is 5.11 Å². The van der Waals surface area contributed by atoms with Crippen LogP contribution in [0.1, 0.15) is 10.4 Å². The molecule has 0 bridgehead atoms. The average molecular weight is 353 g/mol. The molecule has 1 N–H and O–H groups in total. The van der Waals surface area contributed by atoms with Crippen LogP contribution >= 0.6 is 27.5 Å². The lowest BCUT2D eigenvalue weighted by molar-refractivity contribution is 0.0698. The molecule has 0 aliphatic rings. The summed E-state index contributed by atoms with van der Waals surface area (Å²) in [4.78, 5) is 11.3. The van der Waals surface area contributed by atoms with Crippen molar-refractivity contribution < 1.29 is 9.90 Å². The number of hydrogen-bond donors (Lipinski definition) is 1. The summed E-state index contributed by atoms with van der Waals surface area (Å²) in [5.74, 6) is -1.02. The Hall–Kier alpha value is -1.92. The Labute approximate surface area is 126 Å². The molecule has 1 aromatic heterocycles. The number of para-hydroxylation sites is 1. The third-order valence-corrected chi connectivity index (χ3v) is 4.06. The molecule has 0 saturated carbocycles. The third-order valence-electron chi connectivity index (χ3n) is 2.85. The van der Waals surface area contributed by atoms with Gasteiger partial charge in [0.1, 0.15) is 11.0 Å².